The summed E-state index contributed by atoms with van der Waals surface area (Å²) in [6, 6.07) is 9.84. The fourth-order valence-corrected chi connectivity index (χ4v) is 1.45. The third-order valence-corrected chi connectivity index (χ3v) is 2.64. The molecule has 0 amide bonds. The van der Waals surface area contributed by atoms with Gasteiger partial charge >= 0.3 is 0 Å². The second-order valence-corrected chi connectivity index (χ2v) is 4.35. The Hall–Kier alpha value is -1.90. The summed E-state index contributed by atoms with van der Waals surface area (Å²) in [7, 11) is 0. The van der Waals surface area contributed by atoms with Crippen LogP contribution in [0.5, 0.6) is 0 Å². The van der Waals surface area contributed by atoms with Gasteiger partial charge in [0.15, 0.2) is 0 Å². The van der Waals surface area contributed by atoms with Gasteiger partial charge in [-0.3, -0.25) is 0 Å². The first-order valence-electron chi connectivity index (χ1n) is 5.20. The molecule has 2 rings (SSSR count). The highest BCUT2D eigenvalue weighted by Crippen LogP contribution is 2.20. The molecule has 0 aliphatic rings. The number of nitrogens with zero attached hydrogens (tertiary/aromatic N) is 2. The zero-order chi connectivity index (χ0) is 11.6. The lowest BCUT2D eigenvalue weighted by Gasteiger charge is -2.13. The maximum Gasteiger partial charge on any atom is 0.130 e. The predicted molar refractivity (Wildman–Crippen MR) is 62.7 cm³/mol. The standard InChI is InChI=1S/C13H14N2O/c1-13(2,10-16)11-8-14-15(9-11)12-6-4-3-5-7-12/h3-10H,1-2H3. The van der Waals surface area contributed by atoms with Crippen molar-refractivity contribution in [3.8, 4) is 5.69 Å². The first-order valence-corrected chi connectivity index (χ1v) is 5.20. The summed E-state index contributed by atoms with van der Waals surface area (Å²) >= 11 is 0. The first-order chi connectivity index (χ1) is 7.63. The van der Waals surface area contributed by atoms with Crippen molar-refractivity contribution >= 4 is 6.29 Å². The summed E-state index contributed by atoms with van der Waals surface area (Å²) < 4.78 is 1.78. The average Bonchev–Trinajstić information content (AvgIpc) is 2.80. The van der Waals surface area contributed by atoms with Crippen molar-refractivity contribution in [1.82, 2.24) is 9.78 Å². The van der Waals surface area contributed by atoms with Gasteiger partial charge in [0, 0.05) is 17.2 Å². The fraction of sp³-hybridized carbons (Fsp3) is 0.231. The number of aldehydes is 1. The van der Waals surface area contributed by atoms with E-state index in [1.165, 1.54) is 0 Å². The van der Waals surface area contributed by atoms with Gasteiger partial charge in [0.2, 0.25) is 0 Å². The van der Waals surface area contributed by atoms with Crippen LogP contribution in [0.4, 0.5) is 0 Å². The number of rotatable bonds is 3. The summed E-state index contributed by atoms with van der Waals surface area (Å²) in [4.78, 5) is 10.9. The molecule has 1 aromatic carbocycles. The van der Waals surface area contributed by atoms with Crippen LogP contribution in [0, 0.1) is 0 Å². The smallest absolute Gasteiger partial charge is 0.130 e. The normalized spacial score (nSPS) is 11.4. The molecule has 2 aromatic rings. The summed E-state index contributed by atoms with van der Waals surface area (Å²) in [6.07, 6.45) is 4.57. The Morgan fingerprint density at radius 1 is 1.25 bits per heavy atom. The molecule has 0 bridgehead atoms. The number of carbonyl (C=O) groups is 1. The summed E-state index contributed by atoms with van der Waals surface area (Å²) in [6.45, 7) is 3.76. The van der Waals surface area contributed by atoms with Gasteiger partial charge in [0.05, 0.1) is 11.9 Å². The maximum absolute atomic E-state index is 10.9. The zero-order valence-corrected chi connectivity index (χ0v) is 9.42. The summed E-state index contributed by atoms with van der Waals surface area (Å²) in [5.74, 6) is 0. The molecule has 0 saturated heterocycles. The van der Waals surface area contributed by atoms with Gasteiger partial charge in [-0.15, -0.1) is 0 Å². The fourth-order valence-electron chi connectivity index (χ4n) is 1.45. The van der Waals surface area contributed by atoms with Crippen LogP contribution in [-0.4, -0.2) is 16.1 Å². The van der Waals surface area contributed by atoms with Gasteiger partial charge in [-0.1, -0.05) is 18.2 Å². The summed E-state index contributed by atoms with van der Waals surface area (Å²) in [5, 5.41) is 4.26. The minimum atomic E-state index is -0.479. The first kappa shape index (κ1) is 10.6. The third kappa shape index (κ3) is 1.89. The molecule has 0 spiro atoms. The van der Waals surface area contributed by atoms with Crippen LogP contribution < -0.4 is 0 Å². The number of para-hydroxylation sites is 1. The van der Waals surface area contributed by atoms with Crippen LogP contribution in [-0.2, 0) is 10.2 Å². The van der Waals surface area contributed by atoms with E-state index >= 15 is 0 Å². The van der Waals surface area contributed by atoms with Crippen molar-refractivity contribution in [1.29, 1.82) is 0 Å². The molecule has 0 unspecified atom stereocenters. The molecule has 16 heavy (non-hydrogen) atoms. The van der Waals surface area contributed by atoms with E-state index in [-0.39, 0.29) is 0 Å². The molecule has 0 aliphatic heterocycles. The number of carbonyl (C=O) groups excluding carboxylic acids is 1. The van der Waals surface area contributed by atoms with Gasteiger partial charge in [-0.05, 0) is 26.0 Å². The van der Waals surface area contributed by atoms with Crippen LogP contribution >= 0.6 is 0 Å². The molecule has 3 nitrogen and oxygen atoms in total. The van der Waals surface area contributed by atoms with Gasteiger partial charge in [0.1, 0.15) is 6.29 Å². The quantitative estimate of drug-likeness (QED) is 0.735. The van der Waals surface area contributed by atoms with E-state index in [1.807, 2.05) is 50.4 Å². The Labute approximate surface area is 94.7 Å². The largest absolute Gasteiger partial charge is 0.302 e. The van der Waals surface area contributed by atoms with Crippen LogP contribution in [0.1, 0.15) is 19.4 Å². The molecule has 1 aromatic heterocycles. The van der Waals surface area contributed by atoms with Gasteiger partial charge in [-0.25, -0.2) is 4.68 Å². The van der Waals surface area contributed by atoms with E-state index in [1.54, 1.807) is 10.9 Å². The second kappa shape index (κ2) is 3.93. The minimum absolute atomic E-state index is 0.479. The molecule has 0 aliphatic carbocycles. The highest BCUT2D eigenvalue weighted by Gasteiger charge is 2.21. The van der Waals surface area contributed by atoms with E-state index in [0.717, 1.165) is 17.5 Å². The average molecular weight is 214 g/mol. The van der Waals surface area contributed by atoms with E-state index in [4.69, 9.17) is 0 Å². The Balaban J connectivity index is 2.37. The van der Waals surface area contributed by atoms with Crippen molar-refractivity contribution in [2.75, 3.05) is 0 Å². The molecule has 82 valence electrons. The number of aromatic nitrogens is 2. The lowest BCUT2D eigenvalue weighted by atomic mass is 9.89. The van der Waals surface area contributed by atoms with E-state index in [2.05, 4.69) is 5.10 Å². The predicted octanol–water partition coefficient (Wildman–Crippen LogP) is 2.35. The van der Waals surface area contributed by atoms with E-state index < -0.39 is 5.41 Å². The van der Waals surface area contributed by atoms with Gasteiger partial charge < -0.3 is 4.79 Å². The van der Waals surface area contributed by atoms with Crippen LogP contribution in [0.2, 0.25) is 0 Å². The third-order valence-electron chi connectivity index (χ3n) is 2.64. The summed E-state index contributed by atoms with van der Waals surface area (Å²) in [5.41, 5.74) is 1.44. The van der Waals surface area contributed by atoms with Crippen molar-refractivity contribution in [3.05, 3.63) is 48.3 Å². The molecule has 3 heteroatoms. The Morgan fingerprint density at radius 3 is 2.56 bits per heavy atom. The Kier molecular flexibility index (Phi) is 2.60. The Morgan fingerprint density at radius 2 is 1.94 bits per heavy atom. The number of benzene rings is 1. The lowest BCUT2D eigenvalue weighted by Crippen LogP contribution is -2.17. The minimum Gasteiger partial charge on any atom is -0.302 e. The number of hydrogen-bond donors (Lipinski definition) is 0. The monoisotopic (exact) mass is 214 g/mol. The van der Waals surface area contributed by atoms with Crippen molar-refractivity contribution < 1.29 is 4.79 Å². The SMILES string of the molecule is CC(C)(C=O)c1cnn(-c2ccccc2)c1. The topological polar surface area (TPSA) is 34.9 Å². The molecule has 1 heterocycles. The van der Waals surface area contributed by atoms with Crippen molar-refractivity contribution in [2.45, 2.75) is 19.3 Å². The highest BCUT2D eigenvalue weighted by molar-refractivity contribution is 5.66. The zero-order valence-electron chi connectivity index (χ0n) is 9.42. The van der Waals surface area contributed by atoms with Gasteiger partial charge in [0.25, 0.3) is 0 Å². The second-order valence-electron chi connectivity index (χ2n) is 4.35. The van der Waals surface area contributed by atoms with Crippen LogP contribution in [0.15, 0.2) is 42.7 Å². The maximum atomic E-state index is 10.9. The molecular formula is C13H14N2O. The molecule has 0 N–H and O–H groups in total. The molecular weight excluding hydrogens is 200 g/mol. The molecule has 0 atom stereocenters. The lowest BCUT2D eigenvalue weighted by molar-refractivity contribution is -0.111. The molecule has 0 fully saturated rings. The van der Waals surface area contributed by atoms with E-state index in [9.17, 15) is 4.79 Å². The van der Waals surface area contributed by atoms with E-state index in [0.29, 0.717) is 0 Å². The Bertz CT molecular complexity index is 486. The molecule has 0 radical (unpaired) electrons. The van der Waals surface area contributed by atoms with Crippen LogP contribution in [0.25, 0.3) is 5.69 Å². The molecule has 0 saturated carbocycles. The van der Waals surface area contributed by atoms with Crippen molar-refractivity contribution in [2.24, 2.45) is 0 Å². The number of hydrogen-bond acceptors (Lipinski definition) is 2. The van der Waals surface area contributed by atoms with Crippen molar-refractivity contribution in [3.63, 3.8) is 0 Å². The van der Waals surface area contributed by atoms with Gasteiger partial charge in [-0.2, -0.15) is 5.10 Å². The van der Waals surface area contributed by atoms with Crippen LogP contribution in [0.3, 0.4) is 0 Å². The highest BCUT2D eigenvalue weighted by atomic mass is 16.1.